The minimum Gasteiger partial charge on any atom is -0.504 e. The Labute approximate surface area is 145 Å². The number of fused-ring (bicyclic) bond motifs is 1. The Morgan fingerprint density at radius 3 is 2.80 bits per heavy atom. The number of hydrogen-bond acceptors (Lipinski definition) is 6. The van der Waals surface area contributed by atoms with Crippen LogP contribution >= 0.6 is 0 Å². The maximum Gasteiger partial charge on any atom is 0.160 e. The first-order valence-electron chi connectivity index (χ1n) is 8.08. The molecule has 0 radical (unpaired) electrons. The van der Waals surface area contributed by atoms with Gasteiger partial charge in [0.05, 0.1) is 17.1 Å². The second-order valence-electron chi connectivity index (χ2n) is 5.57. The van der Waals surface area contributed by atoms with E-state index in [4.69, 9.17) is 9.47 Å². The molecule has 1 aromatic heterocycles. The van der Waals surface area contributed by atoms with E-state index in [1.165, 1.54) is 0 Å². The van der Waals surface area contributed by atoms with E-state index in [0.717, 1.165) is 10.9 Å². The number of aromatic amines is 1. The van der Waals surface area contributed by atoms with Crippen molar-refractivity contribution in [3.8, 4) is 17.2 Å². The zero-order valence-electron chi connectivity index (χ0n) is 13.7. The lowest BCUT2D eigenvalue weighted by Crippen LogP contribution is -2.33. The Morgan fingerprint density at radius 1 is 1.08 bits per heavy atom. The van der Waals surface area contributed by atoms with Crippen molar-refractivity contribution >= 4 is 10.9 Å². The molecule has 1 heterocycles. The molecule has 4 N–H and O–H groups in total. The molecule has 1 atom stereocenters. The van der Waals surface area contributed by atoms with Crippen LogP contribution in [-0.4, -0.2) is 52.8 Å². The van der Waals surface area contributed by atoms with Gasteiger partial charge in [0.25, 0.3) is 0 Å². The van der Waals surface area contributed by atoms with Gasteiger partial charge in [0.2, 0.25) is 0 Å². The maximum absolute atomic E-state index is 10.0. The second kappa shape index (κ2) is 8.36. The fourth-order valence-corrected chi connectivity index (χ4v) is 2.39. The highest BCUT2D eigenvalue weighted by molar-refractivity contribution is 5.84. The number of hydrogen-bond donors (Lipinski definition) is 4. The Kier molecular flexibility index (Phi) is 5.71. The highest BCUT2D eigenvalue weighted by Gasteiger charge is 2.08. The number of phenolic OH excluding ortho intramolecular Hbond substituents is 1. The molecule has 0 saturated heterocycles. The number of nitrogens with one attached hydrogen (secondary N) is 2. The Hall–Kier alpha value is -2.77. The SMILES string of the molecule is Oc1ccccc1OCCNCC(O)COc1cccc2[nH]ncc12. The molecular weight excluding hydrogens is 322 g/mol. The minimum absolute atomic E-state index is 0.115. The molecule has 0 saturated carbocycles. The average molecular weight is 343 g/mol. The van der Waals surface area contributed by atoms with E-state index in [0.29, 0.717) is 31.2 Å². The number of aromatic nitrogens is 2. The third kappa shape index (κ3) is 4.62. The topological polar surface area (TPSA) is 99.6 Å². The van der Waals surface area contributed by atoms with Gasteiger partial charge in [-0.1, -0.05) is 18.2 Å². The van der Waals surface area contributed by atoms with Gasteiger partial charge >= 0.3 is 0 Å². The Morgan fingerprint density at radius 2 is 1.92 bits per heavy atom. The lowest BCUT2D eigenvalue weighted by molar-refractivity contribution is 0.106. The molecule has 0 aliphatic carbocycles. The largest absolute Gasteiger partial charge is 0.504 e. The molecule has 7 nitrogen and oxygen atoms in total. The van der Waals surface area contributed by atoms with Crippen LogP contribution in [-0.2, 0) is 0 Å². The van der Waals surface area contributed by atoms with Crippen molar-refractivity contribution in [2.24, 2.45) is 0 Å². The van der Waals surface area contributed by atoms with Crippen molar-refractivity contribution in [1.29, 1.82) is 0 Å². The number of para-hydroxylation sites is 2. The van der Waals surface area contributed by atoms with Gasteiger partial charge in [0, 0.05) is 13.1 Å². The molecule has 25 heavy (non-hydrogen) atoms. The zero-order valence-corrected chi connectivity index (χ0v) is 13.7. The summed E-state index contributed by atoms with van der Waals surface area (Å²) in [7, 11) is 0. The zero-order chi connectivity index (χ0) is 17.5. The highest BCUT2D eigenvalue weighted by Crippen LogP contribution is 2.24. The van der Waals surface area contributed by atoms with Crippen molar-refractivity contribution < 1.29 is 19.7 Å². The number of ether oxygens (including phenoxy) is 2. The van der Waals surface area contributed by atoms with E-state index in [1.54, 1.807) is 30.5 Å². The van der Waals surface area contributed by atoms with Gasteiger partial charge in [0.15, 0.2) is 11.5 Å². The van der Waals surface area contributed by atoms with Gasteiger partial charge in [-0.15, -0.1) is 0 Å². The van der Waals surface area contributed by atoms with E-state index < -0.39 is 6.10 Å². The molecule has 3 rings (SSSR count). The van der Waals surface area contributed by atoms with E-state index in [1.807, 2.05) is 18.2 Å². The van der Waals surface area contributed by atoms with Crippen LogP contribution in [0.4, 0.5) is 0 Å². The van der Waals surface area contributed by atoms with Crippen LogP contribution in [0.5, 0.6) is 17.2 Å². The average Bonchev–Trinajstić information content (AvgIpc) is 3.10. The summed E-state index contributed by atoms with van der Waals surface area (Å²) in [5.74, 6) is 1.25. The van der Waals surface area contributed by atoms with Gasteiger partial charge in [-0.05, 0) is 24.3 Å². The van der Waals surface area contributed by atoms with Crippen LogP contribution in [0.15, 0.2) is 48.7 Å². The summed E-state index contributed by atoms with van der Waals surface area (Å²) in [6.45, 7) is 1.49. The summed E-state index contributed by atoms with van der Waals surface area (Å²) in [6.07, 6.45) is 1.05. The molecule has 0 amide bonds. The first kappa shape index (κ1) is 17.1. The number of H-pyrrole nitrogens is 1. The van der Waals surface area contributed by atoms with Gasteiger partial charge in [-0.2, -0.15) is 5.10 Å². The number of aliphatic hydroxyl groups excluding tert-OH is 1. The number of aliphatic hydroxyl groups is 1. The van der Waals surface area contributed by atoms with Crippen LogP contribution in [0, 0.1) is 0 Å². The number of nitrogens with zero attached hydrogens (tertiary/aromatic N) is 1. The van der Waals surface area contributed by atoms with Gasteiger partial charge in [-0.3, -0.25) is 5.10 Å². The van der Waals surface area contributed by atoms with Crippen LogP contribution in [0.3, 0.4) is 0 Å². The highest BCUT2D eigenvalue weighted by atomic mass is 16.5. The van der Waals surface area contributed by atoms with Gasteiger partial charge in [-0.25, -0.2) is 0 Å². The summed E-state index contributed by atoms with van der Waals surface area (Å²) >= 11 is 0. The standard InChI is InChI=1S/C18H21N3O4/c22-13(10-19-8-9-24-18-6-2-1-5-16(18)23)12-25-17-7-3-4-15-14(17)11-20-21-15/h1-7,11,13,19,22-23H,8-10,12H2,(H,20,21). The third-order valence-electron chi connectivity index (χ3n) is 3.66. The van der Waals surface area contributed by atoms with Crippen molar-refractivity contribution in [2.45, 2.75) is 6.10 Å². The molecule has 1 unspecified atom stereocenters. The van der Waals surface area contributed by atoms with E-state index in [2.05, 4.69) is 15.5 Å². The molecule has 7 heteroatoms. The fourth-order valence-electron chi connectivity index (χ4n) is 2.39. The van der Waals surface area contributed by atoms with E-state index >= 15 is 0 Å². The predicted molar refractivity (Wildman–Crippen MR) is 94.1 cm³/mol. The number of phenols is 1. The summed E-state index contributed by atoms with van der Waals surface area (Å²) in [5, 5.41) is 30.4. The Balaban J connectivity index is 1.35. The molecule has 2 aromatic carbocycles. The van der Waals surface area contributed by atoms with Crippen LogP contribution in [0.2, 0.25) is 0 Å². The molecule has 3 aromatic rings. The number of rotatable bonds is 9. The van der Waals surface area contributed by atoms with E-state index in [-0.39, 0.29) is 12.4 Å². The monoisotopic (exact) mass is 343 g/mol. The minimum atomic E-state index is -0.646. The molecule has 0 spiro atoms. The van der Waals surface area contributed by atoms with Crippen molar-refractivity contribution in [3.05, 3.63) is 48.7 Å². The quantitative estimate of drug-likeness (QED) is 0.441. The van der Waals surface area contributed by atoms with Crippen molar-refractivity contribution in [2.75, 3.05) is 26.3 Å². The van der Waals surface area contributed by atoms with Crippen LogP contribution < -0.4 is 14.8 Å². The van der Waals surface area contributed by atoms with Crippen molar-refractivity contribution in [1.82, 2.24) is 15.5 Å². The molecule has 0 aliphatic heterocycles. The van der Waals surface area contributed by atoms with Gasteiger partial charge < -0.3 is 25.0 Å². The normalized spacial score (nSPS) is 12.2. The predicted octanol–water partition coefficient (Wildman–Crippen LogP) is 1.68. The first-order chi connectivity index (χ1) is 12.2. The molecule has 0 fully saturated rings. The molecule has 0 bridgehead atoms. The van der Waals surface area contributed by atoms with Crippen LogP contribution in [0.25, 0.3) is 10.9 Å². The number of aromatic hydroxyl groups is 1. The lowest BCUT2D eigenvalue weighted by Gasteiger charge is -2.14. The van der Waals surface area contributed by atoms with Crippen molar-refractivity contribution in [3.63, 3.8) is 0 Å². The molecular formula is C18H21N3O4. The van der Waals surface area contributed by atoms with Crippen LogP contribution in [0.1, 0.15) is 0 Å². The molecule has 132 valence electrons. The number of benzene rings is 2. The Bertz CT molecular complexity index is 806. The third-order valence-corrected chi connectivity index (χ3v) is 3.66. The summed E-state index contributed by atoms with van der Waals surface area (Å²) in [4.78, 5) is 0. The summed E-state index contributed by atoms with van der Waals surface area (Å²) in [5.41, 5.74) is 0.895. The molecule has 0 aliphatic rings. The summed E-state index contributed by atoms with van der Waals surface area (Å²) in [6, 6.07) is 12.4. The van der Waals surface area contributed by atoms with Gasteiger partial charge in [0.1, 0.15) is 25.1 Å². The first-order valence-corrected chi connectivity index (χ1v) is 8.08. The smallest absolute Gasteiger partial charge is 0.160 e. The van der Waals surface area contributed by atoms with E-state index in [9.17, 15) is 10.2 Å². The fraction of sp³-hybridized carbons (Fsp3) is 0.278. The maximum atomic E-state index is 10.0. The second-order valence-corrected chi connectivity index (χ2v) is 5.57. The summed E-state index contributed by atoms with van der Waals surface area (Å²) < 4.78 is 11.1. The lowest BCUT2D eigenvalue weighted by atomic mass is 10.2.